The van der Waals surface area contributed by atoms with Gasteiger partial charge in [-0.05, 0) is 43.2 Å². The first kappa shape index (κ1) is 13.8. The first-order valence-electron chi connectivity index (χ1n) is 6.21. The van der Waals surface area contributed by atoms with Gasteiger partial charge in [-0.25, -0.2) is 4.39 Å². The quantitative estimate of drug-likeness (QED) is 0.872. The van der Waals surface area contributed by atoms with Crippen molar-refractivity contribution in [3.05, 3.63) is 59.3 Å². The second kappa shape index (κ2) is 5.55. The number of aliphatic hydroxyl groups is 1. The summed E-state index contributed by atoms with van der Waals surface area (Å²) >= 11 is 0. The molecule has 1 aromatic heterocycles. The Morgan fingerprint density at radius 1 is 1.26 bits per heavy atom. The average molecular weight is 263 g/mol. The largest absolute Gasteiger partial charge is 0.468 e. The Morgan fingerprint density at radius 3 is 2.53 bits per heavy atom. The van der Waals surface area contributed by atoms with E-state index in [1.165, 1.54) is 12.1 Å². The summed E-state index contributed by atoms with van der Waals surface area (Å²) in [6.07, 6.45) is 1.64. The standard InChI is InChI=1S/C15H18FNO2/c1-11-7-8-19-14(11)9-17-10-15(2,18)12-3-5-13(16)6-4-12/h3-8,17-18H,9-10H2,1-2H3. The minimum atomic E-state index is -1.05. The molecule has 2 aromatic rings. The van der Waals surface area contributed by atoms with E-state index in [0.29, 0.717) is 18.7 Å². The molecule has 1 heterocycles. The Balaban J connectivity index is 1.94. The Kier molecular flexibility index (Phi) is 4.02. The van der Waals surface area contributed by atoms with Gasteiger partial charge in [-0.15, -0.1) is 0 Å². The van der Waals surface area contributed by atoms with E-state index in [1.807, 2.05) is 13.0 Å². The van der Waals surface area contributed by atoms with Gasteiger partial charge >= 0.3 is 0 Å². The molecule has 0 bridgehead atoms. The molecule has 1 aromatic carbocycles. The molecule has 1 atom stereocenters. The lowest BCUT2D eigenvalue weighted by Crippen LogP contribution is -2.35. The molecule has 102 valence electrons. The van der Waals surface area contributed by atoms with Crippen molar-refractivity contribution in [3.8, 4) is 0 Å². The summed E-state index contributed by atoms with van der Waals surface area (Å²) in [4.78, 5) is 0. The van der Waals surface area contributed by atoms with Gasteiger partial charge in [0.25, 0.3) is 0 Å². The molecule has 3 nitrogen and oxygen atoms in total. The molecular formula is C15H18FNO2. The molecule has 0 aliphatic heterocycles. The second-order valence-electron chi connectivity index (χ2n) is 4.91. The van der Waals surface area contributed by atoms with E-state index in [2.05, 4.69) is 5.32 Å². The SMILES string of the molecule is Cc1ccoc1CNCC(C)(O)c1ccc(F)cc1. The Labute approximate surface area is 112 Å². The number of nitrogens with one attached hydrogen (secondary N) is 1. The molecular weight excluding hydrogens is 245 g/mol. The van der Waals surface area contributed by atoms with Crippen molar-refractivity contribution in [1.82, 2.24) is 5.32 Å². The average Bonchev–Trinajstić information content (AvgIpc) is 2.75. The summed E-state index contributed by atoms with van der Waals surface area (Å²) in [6.45, 7) is 4.58. The van der Waals surface area contributed by atoms with Crippen molar-refractivity contribution in [3.63, 3.8) is 0 Å². The maximum atomic E-state index is 12.8. The number of hydrogen-bond acceptors (Lipinski definition) is 3. The number of rotatable bonds is 5. The summed E-state index contributed by atoms with van der Waals surface area (Å²) < 4.78 is 18.2. The number of benzene rings is 1. The topological polar surface area (TPSA) is 45.4 Å². The van der Waals surface area contributed by atoms with E-state index in [0.717, 1.165) is 11.3 Å². The van der Waals surface area contributed by atoms with Crippen LogP contribution in [0.15, 0.2) is 41.0 Å². The van der Waals surface area contributed by atoms with Crippen LogP contribution in [0.4, 0.5) is 4.39 Å². The Morgan fingerprint density at radius 2 is 1.95 bits per heavy atom. The highest BCUT2D eigenvalue weighted by atomic mass is 19.1. The van der Waals surface area contributed by atoms with E-state index < -0.39 is 5.60 Å². The van der Waals surface area contributed by atoms with Crippen molar-refractivity contribution in [1.29, 1.82) is 0 Å². The van der Waals surface area contributed by atoms with Gasteiger partial charge in [0.2, 0.25) is 0 Å². The molecule has 2 rings (SSSR count). The molecule has 19 heavy (non-hydrogen) atoms. The van der Waals surface area contributed by atoms with Crippen LogP contribution in [-0.2, 0) is 12.1 Å². The molecule has 0 aliphatic rings. The van der Waals surface area contributed by atoms with Gasteiger partial charge < -0.3 is 14.8 Å². The van der Waals surface area contributed by atoms with E-state index in [9.17, 15) is 9.50 Å². The van der Waals surface area contributed by atoms with Crippen LogP contribution in [0.5, 0.6) is 0 Å². The monoisotopic (exact) mass is 263 g/mol. The maximum absolute atomic E-state index is 12.8. The van der Waals surface area contributed by atoms with E-state index in [-0.39, 0.29) is 5.82 Å². The van der Waals surface area contributed by atoms with Gasteiger partial charge in [-0.2, -0.15) is 0 Å². The predicted octanol–water partition coefficient (Wildman–Crippen LogP) is 2.72. The lowest BCUT2D eigenvalue weighted by Gasteiger charge is -2.24. The highest BCUT2D eigenvalue weighted by molar-refractivity contribution is 5.22. The minimum absolute atomic E-state index is 0.307. The fourth-order valence-corrected chi connectivity index (χ4v) is 1.92. The molecule has 0 saturated carbocycles. The van der Waals surface area contributed by atoms with Crippen LogP contribution in [0.3, 0.4) is 0 Å². The third kappa shape index (κ3) is 3.43. The van der Waals surface area contributed by atoms with Crippen LogP contribution in [-0.4, -0.2) is 11.7 Å². The minimum Gasteiger partial charge on any atom is -0.468 e. The number of furan rings is 1. The smallest absolute Gasteiger partial charge is 0.123 e. The first-order valence-corrected chi connectivity index (χ1v) is 6.21. The summed E-state index contributed by atoms with van der Waals surface area (Å²) in [6, 6.07) is 7.78. The fourth-order valence-electron chi connectivity index (χ4n) is 1.92. The van der Waals surface area contributed by atoms with Crippen LogP contribution in [0.25, 0.3) is 0 Å². The van der Waals surface area contributed by atoms with Crippen molar-refractivity contribution in [2.24, 2.45) is 0 Å². The van der Waals surface area contributed by atoms with Crippen molar-refractivity contribution in [2.45, 2.75) is 26.0 Å². The zero-order valence-corrected chi connectivity index (χ0v) is 11.1. The predicted molar refractivity (Wildman–Crippen MR) is 71.1 cm³/mol. The molecule has 0 amide bonds. The number of halogens is 1. The summed E-state index contributed by atoms with van der Waals surface area (Å²) in [5.41, 5.74) is 0.709. The second-order valence-corrected chi connectivity index (χ2v) is 4.91. The Bertz CT molecular complexity index is 531. The fraction of sp³-hybridized carbons (Fsp3) is 0.333. The van der Waals surface area contributed by atoms with Crippen LogP contribution >= 0.6 is 0 Å². The summed E-state index contributed by atoms with van der Waals surface area (Å²) in [7, 11) is 0. The van der Waals surface area contributed by atoms with Crippen LogP contribution in [0.2, 0.25) is 0 Å². The van der Waals surface area contributed by atoms with Crippen molar-refractivity contribution >= 4 is 0 Å². The van der Waals surface area contributed by atoms with Gasteiger partial charge in [-0.3, -0.25) is 0 Å². The molecule has 0 aliphatic carbocycles. The van der Waals surface area contributed by atoms with E-state index in [4.69, 9.17) is 4.42 Å². The third-order valence-corrected chi connectivity index (χ3v) is 3.19. The highest BCUT2D eigenvalue weighted by Gasteiger charge is 2.22. The Hall–Kier alpha value is -1.65. The van der Waals surface area contributed by atoms with Crippen molar-refractivity contribution < 1.29 is 13.9 Å². The van der Waals surface area contributed by atoms with Crippen LogP contribution in [0.1, 0.15) is 23.8 Å². The van der Waals surface area contributed by atoms with E-state index in [1.54, 1.807) is 25.3 Å². The molecule has 0 saturated heterocycles. The molecule has 1 unspecified atom stereocenters. The van der Waals surface area contributed by atoms with Gasteiger partial charge in [0.1, 0.15) is 11.6 Å². The summed E-state index contributed by atoms with van der Waals surface area (Å²) in [5.74, 6) is 0.550. The van der Waals surface area contributed by atoms with E-state index >= 15 is 0 Å². The summed E-state index contributed by atoms with van der Waals surface area (Å²) in [5, 5.41) is 13.5. The molecule has 2 N–H and O–H groups in total. The molecule has 0 radical (unpaired) electrons. The van der Waals surface area contributed by atoms with Gasteiger partial charge in [0, 0.05) is 6.54 Å². The van der Waals surface area contributed by atoms with Crippen molar-refractivity contribution in [2.75, 3.05) is 6.54 Å². The van der Waals surface area contributed by atoms with Crippen LogP contribution < -0.4 is 5.32 Å². The maximum Gasteiger partial charge on any atom is 0.123 e. The molecule has 0 fully saturated rings. The highest BCUT2D eigenvalue weighted by Crippen LogP contribution is 2.20. The number of hydrogen-bond donors (Lipinski definition) is 2. The van der Waals surface area contributed by atoms with Gasteiger partial charge in [-0.1, -0.05) is 12.1 Å². The first-order chi connectivity index (χ1) is 8.99. The zero-order chi connectivity index (χ0) is 13.9. The lowest BCUT2D eigenvalue weighted by atomic mass is 9.96. The molecule has 4 heteroatoms. The number of aryl methyl sites for hydroxylation is 1. The van der Waals surface area contributed by atoms with Gasteiger partial charge in [0.05, 0.1) is 18.4 Å². The van der Waals surface area contributed by atoms with Gasteiger partial charge in [0.15, 0.2) is 0 Å². The normalized spacial score (nSPS) is 14.3. The zero-order valence-electron chi connectivity index (χ0n) is 11.1. The molecule has 0 spiro atoms. The van der Waals surface area contributed by atoms with Crippen LogP contribution in [0, 0.1) is 12.7 Å². The third-order valence-electron chi connectivity index (χ3n) is 3.19. The lowest BCUT2D eigenvalue weighted by molar-refractivity contribution is 0.0561.